The number of aromatic nitrogens is 2. The van der Waals surface area contributed by atoms with Crippen molar-refractivity contribution in [3.63, 3.8) is 0 Å². The third-order valence-electron chi connectivity index (χ3n) is 3.16. The molecule has 0 N–H and O–H groups in total. The third-order valence-corrected chi connectivity index (χ3v) is 3.16. The summed E-state index contributed by atoms with van der Waals surface area (Å²) in [5, 5.41) is 4.07. The van der Waals surface area contributed by atoms with Crippen LogP contribution in [0.5, 0.6) is 0 Å². The van der Waals surface area contributed by atoms with E-state index in [-0.39, 0.29) is 17.8 Å². The molecule has 1 aromatic heterocycles. The molecule has 0 bridgehead atoms. The number of hydrogen-bond acceptors (Lipinski definition) is 3. The maximum atomic E-state index is 12.1. The molecule has 0 aromatic carbocycles. The molecule has 4 nitrogen and oxygen atoms in total. The van der Waals surface area contributed by atoms with Gasteiger partial charge in [0, 0.05) is 32.2 Å². The van der Waals surface area contributed by atoms with Gasteiger partial charge in [0.05, 0.1) is 12.3 Å². The molecular formula is C12H18N2O2. The topological polar surface area (TPSA) is 44.1 Å². The number of rotatable bonds is 4. The molecule has 1 fully saturated rings. The number of ketones is 1. The number of aryl methyl sites for hydroxylation is 1. The smallest absolute Gasteiger partial charge is 0.143 e. The van der Waals surface area contributed by atoms with Crippen molar-refractivity contribution < 1.29 is 9.53 Å². The Morgan fingerprint density at radius 3 is 3.12 bits per heavy atom. The molecule has 1 saturated heterocycles. The SMILES string of the molecule is CCC1OCCC1C(=O)Cc1cnn(C)c1. The van der Waals surface area contributed by atoms with E-state index in [1.165, 1.54) is 0 Å². The fraction of sp³-hybridized carbons (Fsp3) is 0.667. The van der Waals surface area contributed by atoms with Gasteiger partial charge in [-0.25, -0.2) is 0 Å². The highest BCUT2D eigenvalue weighted by Gasteiger charge is 2.32. The molecule has 2 heterocycles. The van der Waals surface area contributed by atoms with Gasteiger partial charge in [-0.05, 0) is 18.4 Å². The van der Waals surface area contributed by atoms with Crippen LogP contribution in [0.2, 0.25) is 0 Å². The van der Waals surface area contributed by atoms with Crippen LogP contribution in [0.4, 0.5) is 0 Å². The Kier molecular flexibility index (Phi) is 3.39. The average molecular weight is 222 g/mol. The summed E-state index contributed by atoms with van der Waals surface area (Å²) in [4.78, 5) is 12.1. The summed E-state index contributed by atoms with van der Waals surface area (Å²) in [6, 6.07) is 0. The lowest BCUT2D eigenvalue weighted by molar-refractivity contribution is -0.123. The summed E-state index contributed by atoms with van der Waals surface area (Å²) in [5.74, 6) is 0.377. The molecule has 0 aliphatic carbocycles. The van der Waals surface area contributed by atoms with Crippen LogP contribution in [-0.2, 0) is 23.0 Å². The lowest BCUT2D eigenvalue weighted by Gasteiger charge is -2.14. The van der Waals surface area contributed by atoms with Crippen LogP contribution >= 0.6 is 0 Å². The molecule has 2 unspecified atom stereocenters. The first kappa shape index (κ1) is 11.3. The van der Waals surface area contributed by atoms with Crippen molar-refractivity contribution in [1.29, 1.82) is 0 Å². The van der Waals surface area contributed by atoms with Crippen molar-refractivity contribution >= 4 is 5.78 Å². The van der Waals surface area contributed by atoms with Crippen LogP contribution in [0, 0.1) is 5.92 Å². The molecule has 1 aliphatic heterocycles. The Balaban J connectivity index is 1.97. The van der Waals surface area contributed by atoms with Crippen LogP contribution in [-0.4, -0.2) is 28.3 Å². The third kappa shape index (κ3) is 2.32. The summed E-state index contributed by atoms with van der Waals surface area (Å²) in [7, 11) is 1.86. The molecule has 16 heavy (non-hydrogen) atoms. The van der Waals surface area contributed by atoms with E-state index < -0.39 is 0 Å². The normalized spacial score (nSPS) is 24.9. The van der Waals surface area contributed by atoms with Gasteiger partial charge >= 0.3 is 0 Å². The fourth-order valence-electron chi connectivity index (χ4n) is 2.31. The quantitative estimate of drug-likeness (QED) is 0.772. The van der Waals surface area contributed by atoms with Crippen molar-refractivity contribution in [3.05, 3.63) is 18.0 Å². The number of Topliss-reactive ketones (excluding diaryl/α,β-unsaturated/α-hetero) is 1. The predicted molar refractivity (Wildman–Crippen MR) is 60.1 cm³/mol. The largest absolute Gasteiger partial charge is 0.377 e. The molecular weight excluding hydrogens is 204 g/mol. The first-order chi connectivity index (χ1) is 7.70. The summed E-state index contributed by atoms with van der Waals surface area (Å²) in [6.45, 7) is 2.79. The van der Waals surface area contributed by atoms with Crippen LogP contribution in [0.3, 0.4) is 0 Å². The number of nitrogens with zero attached hydrogens (tertiary/aromatic N) is 2. The molecule has 1 aliphatic rings. The van der Waals surface area contributed by atoms with Gasteiger partial charge < -0.3 is 4.74 Å². The Morgan fingerprint density at radius 2 is 2.50 bits per heavy atom. The maximum absolute atomic E-state index is 12.1. The van der Waals surface area contributed by atoms with Crippen LogP contribution < -0.4 is 0 Å². The minimum atomic E-state index is 0.0882. The summed E-state index contributed by atoms with van der Waals surface area (Å²) >= 11 is 0. The van der Waals surface area contributed by atoms with E-state index >= 15 is 0 Å². The summed E-state index contributed by atoms with van der Waals surface area (Å²) in [6.07, 6.45) is 6.06. The van der Waals surface area contributed by atoms with Gasteiger partial charge in [-0.1, -0.05) is 6.92 Å². The van der Waals surface area contributed by atoms with Crippen LogP contribution in [0.1, 0.15) is 25.3 Å². The molecule has 0 saturated carbocycles. The second kappa shape index (κ2) is 4.78. The minimum absolute atomic E-state index is 0.0882. The highest BCUT2D eigenvalue weighted by atomic mass is 16.5. The van der Waals surface area contributed by atoms with Crippen molar-refractivity contribution in [2.24, 2.45) is 13.0 Å². The molecule has 2 rings (SSSR count). The van der Waals surface area contributed by atoms with E-state index in [2.05, 4.69) is 12.0 Å². The van der Waals surface area contributed by atoms with E-state index in [0.717, 1.165) is 25.0 Å². The lowest BCUT2D eigenvalue weighted by atomic mass is 9.92. The second-order valence-electron chi connectivity index (χ2n) is 4.38. The molecule has 0 radical (unpaired) electrons. The van der Waals surface area contributed by atoms with Crippen molar-refractivity contribution in [2.45, 2.75) is 32.3 Å². The Labute approximate surface area is 95.6 Å². The molecule has 88 valence electrons. The fourth-order valence-corrected chi connectivity index (χ4v) is 2.31. The zero-order valence-electron chi connectivity index (χ0n) is 9.85. The Bertz CT molecular complexity index is 373. The minimum Gasteiger partial charge on any atom is -0.377 e. The van der Waals surface area contributed by atoms with Gasteiger partial charge in [-0.3, -0.25) is 9.48 Å². The zero-order chi connectivity index (χ0) is 11.5. The summed E-state index contributed by atoms with van der Waals surface area (Å²) < 4.78 is 7.26. The van der Waals surface area contributed by atoms with Gasteiger partial charge in [0.1, 0.15) is 5.78 Å². The molecule has 1 aromatic rings. The molecule has 0 spiro atoms. The number of hydrogen-bond donors (Lipinski definition) is 0. The van der Waals surface area contributed by atoms with Crippen molar-refractivity contribution in [1.82, 2.24) is 9.78 Å². The first-order valence-corrected chi connectivity index (χ1v) is 5.82. The van der Waals surface area contributed by atoms with E-state index in [4.69, 9.17) is 4.74 Å². The maximum Gasteiger partial charge on any atom is 0.143 e. The van der Waals surface area contributed by atoms with Crippen LogP contribution in [0.25, 0.3) is 0 Å². The number of carbonyl (C=O) groups excluding carboxylic acids is 1. The van der Waals surface area contributed by atoms with Gasteiger partial charge in [0.25, 0.3) is 0 Å². The van der Waals surface area contributed by atoms with Crippen molar-refractivity contribution in [2.75, 3.05) is 6.61 Å². The monoisotopic (exact) mass is 222 g/mol. The highest BCUT2D eigenvalue weighted by molar-refractivity contribution is 5.83. The molecule has 0 amide bonds. The van der Waals surface area contributed by atoms with E-state index in [1.54, 1.807) is 10.9 Å². The van der Waals surface area contributed by atoms with E-state index in [1.807, 2.05) is 13.2 Å². The number of carbonyl (C=O) groups is 1. The van der Waals surface area contributed by atoms with Gasteiger partial charge in [0.15, 0.2) is 0 Å². The second-order valence-corrected chi connectivity index (χ2v) is 4.38. The van der Waals surface area contributed by atoms with Crippen LogP contribution in [0.15, 0.2) is 12.4 Å². The average Bonchev–Trinajstić information content (AvgIpc) is 2.86. The highest BCUT2D eigenvalue weighted by Crippen LogP contribution is 2.25. The lowest BCUT2D eigenvalue weighted by Crippen LogP contribution is -2.25. The van der Waals surface area contributed by atoms with E-state index in [9.17, 15) is 4.79 Å². The Morgan fingerprint density at radius 1 is 1.69 bits per heavy atom. The van der Waals surface area contributed by atoms with Gasteiger partial charge in [-0.15, -0.1) is 0 Å². The van der Waals surface area contributed by atoms with Gasteiger partial charge in [-0.2, -0.15) is 5.10 Å². The van der Waals surface area contributed by atoms with E-state index in [0.29, 0.717) is 6.42 Å². The Hall–Kier alpha value is -1.16. The zero-order valence-corrected chi connectivity index (χ0v) is 9.85. The first-order valence-electron chi connectivity index (χ1n) is 5.82. The number of ether oxygens (including phenoxy) is 1. The van der Waals surface area contributed by atoms with Gasteiger partial charge in [0.2, 0.25) is 0 Å². The molecule has 4 heteroatoms. The molecule has 2 atom stereocenters. The van der Waals surface area contributed by atoms with Crippen molar-refractivity contribution in [3.8, 4) is 0 Å². The predicted octanol–water partition coefficient (Wildman–Crippen LogP) is 1.35. The standard InChI is InChI=1S/C12H18N2O2/c1-3-12-10(4-5-16-12)11(15)6-9-7-13-14(2)8-9/h7-8,10,12H,3-6H2,1-2H3. The summed E-state index contributed by atoms with van der Waals surface area (Å²) in [5.41, 5.74) is 0.995.